The number of nitrogens with zero attached hydrogens (tertiary/aromatic N) is 2. The fourth-order valence-electron chi connectivity index (χ4n) is 7.78. The third-order valence-electron chi connectivity index (χ3n) is 12.1. The van der Waals surface area contributed by atoms with Crippen LogP contribution in [0, 0.1) is 17.8 Å². The molecular formula is C46H84N12O10. The molecule has 0 aromatic rings. The molecule has 11 atom stereocenters. The first-order valence-corrected chi connectivity index (χ1v) is 24.4. The van der Waals surface area contributed by atoms with Crippen molar-refractivity contribution in [3.8, 4) is 0 Å². The second-order valence-electron chi connectivity index (χ2n) is 18.2. The maximum Gasteiger partial charge on any atom is 0.245 e. The summed E-state index contributed by atoms with van der Waals surface area (Å²) in [6.07, 6.45) is 2.27. The van der Waals surface area contributed by atoms with Crippen LogP contribution in [0.3, 0.4) is 0 Å². The van der Waals surface area contributed by atoms with E-state index in [2.05, 4.69) is 47.5 Å². The van der Waals surface area contributed by atoms with Crippen molar-refractivity contribution in [1.29, 1.82) is 0 Å². The Kier molecular flexibility index (Phi) is 27.4. The summed E-state index contributed by atoms with van der Waals surface area (Å²) in [6.45, 7) is 19.3. The highest BCUT2D eigenvalue weighted by molar-refractivity contribution is 5.98. The van der Waals surface area contributed by atoms with Crippen molar-refractivity contribution in [3.05, 3.63) is 0 Å². The Morgan fingerprint density at radius 2 is 1.07 bits per heavy atom. The van der Waals surface area contributed by atoms with Gasteiger partial charge in [0.2, 0.25) is 53.2 Å². The van der Waals surface area contributed by atoms with Crippen LogP contribution in [0.5, 0.6) is 0 Å². The summed E-state index contributed by atoms with van der Waals surface area (Å²) < 4.78 is 0. The van der Waals surface area contributed by atoms with Gasteiger partial charge in [-0.3, -0.25) is 48.1 Å². The molecule has 388 valence electrons. The molecule has 9 amide bonds. The molecule has 68 heavy (non-hydrogen) atoms. The quantitative estimate of drug-likeness (QED) is 0.0242. The number of aliphatic imine (C=N–C) groups is 1. The number of rotatable bonds is 30. The molecule has 0 bridgehead atoms. The first kappa shape index (κ1) is 60.5. The second kappa shape index (κ2) is 30.8. The summed E-state index contributed by atoms with van der Waals surface area (Å²) in [5, 5.41) is 32.4. The lowest BCUT2D eigenvalue weighted by atomic mass is 9.95. The molecule has 1 rings (SSSR count). The average Bonchev–Trinajstić information content (AvgIpc) is 3.78. The smallest absolute Gasteiger partial charge is 0.245 e. The summed E-state index contributed by atoms with van der Waals surface area (Å²) in [5.74, 6) is -7.02. The predicted molar refractivity (Wildman–Crippen MR) is 258 cm³/mol. The van der Waals surface area contributed by atoms with Gasteiger partial charge in [0.1, 0.15) is 48.3 Å². The summed E-state index contributed by atoms with van der Waals surface area (Å²) in [6, 6.07) is -9.02. The molecule has 0 spiro atoms. The van der Waals surface area contributed by atoms with E-state index in [1.807, 2.05) is 13.8 Å². The molecule has 0 aromatic carbocycles. The van der Waals surface area contributed by atoms with Crippen molar-refractivity contribution in [2.75, 3.05) is 19.6 Å². The molecule has 0 aliphatic carbocycles. The van der Waals surface area contributed by atoms with Gasteiger partial charge in [-0.1, -0.05) is 81.1 Å². The number of hydrogen-bond acceptors (Lipinski definition) is 11. The van der Waals surface area contributed by atoms with Crippen LogP contribution in [-0.2, 0) is 43.2 Å². The highest BCUT2D eigenvalue weighted by Gasteiger charge is 2.40. The molecule has 1 saturated heterocycles. The van der Waals surface area contributed by atoms with Crippen LogP contribution in [0.2, 0.25) is 0 Å². The summed E-state index contributed by atoms with van der Waals surface area (Å²) >= 11 is 0. The van der Waals surface area contributed by atoms with Crippen LogP contribution < -0.4 is 54.0 Å². The number of likely N-dealkylation sites (N-methyl/N-ethyl adjacent to an activating group) is 1. The van der Waals surface area contributed by atoms with Crippen LogP contribution in [0.25, 0.3) is 0 Å². The van der Waals surface area contributed by atoms with Crippen molar-refractivity contribution < 1.29 is 48.3 Å². The fourth-order valence-corrected chi connectivity index (χ4v) is 7.78. The van der Waals surface area contributed by atoms with Crippen molar-refractivity contribution >= 4 is 59.1 Å². The van der Waals surface area contributed by atoms with Crippen molar-refractivity contribution in [2.24, 2.45) is 34.2 Å². The summed E-state index contributed by atoms with van der Waals surface area (Å²) in [5.41, 5.74) is 11.0. The van der Waals surface area contributed by atoms with Gasteiger partial charge in [0.05, 0.1) is 6.10 Å². The van der Waals surface area contributed by atoms with Gasteiger partial charge in [-0.2, -0.15) is 0 Å². The molecule has 0 radical (unpaired) electrons. The Hall–Kier alpha value is -5.54. The van der Waals surface area contributed by atoms with Crippen molar-refractivity contribution in [3.63, 3.8) is 0 Å². The van der Waals surface area contributed by atoms with Gasteiger partial charge < -0.3 is 64.0 Å². The van der Waals surface area contributed by atoms with E-state index in [-0.39, 0.29) is 31.3 Å². The lowest BCUT2D eigenvalue weighted by Crippen LogP contribution is -2.63. The molecule has 22 heteroatoms. The number of hydrogen-bond donors (Lipinski definition) is 11. The molecule has 1 heterocycles. The van der Waals surface area contributed by atoms with E-state index in [0.29, 0.717) is 64.5 Å². The summed E-state index contributed by atoms with van der Waals surface area (Å²) in [7, 11) is 0. The lowest BCUT2D eigenvalue weighted by molar-refractivity contribution is -0.142. The molecule has 1 aliphatic heterocycles. The van der Waals surface area contributed by atoms with E-state index in [9.17, 15) is 48.3 Å². The number of nitrogens with two attached hydrogens (primary N) is 2. The third kappa shape index (κ3) is 19.6. The van der Waals surface area contributed by atoms with Crippen molar-refractivity contribution in [1.82, 2.24) is 47.4 Å². The fraction of sp³-hybridized carbons (Fsp3) is 0.783. The van der Waals surface area contributed by atoms with Crippen LogP contribution in [0.15, 0.2) is 4.99 Å². The van der Waals surface area contributed by atoms with Gasteiger partial charge in [-0.05, 0) is 70.1 Å². The van der Waals surface area contributed by atoms with Gasteiger partial charge in [0.25, 0.3) is 0 Å². The first-order chi connectivity index (χ1) is 32.0. The Balaban J connectivity index is 3.37. The zero-order valence-corrected chi connectivity index (χ0v) is 42.3. The predicted octanol–water partition coefficient (Wildman–Crippen LogP) is -0.690. The maximum absolute atomic E-state index is 14.2. The first-order valence-electron chi connectivity index (χ1n) is 24.4. The van der Waals surface area contributed by atoms with Gasteiger partial charge >= 0.3 is 0 Å². The minimum atomic E-state index is -1.60. The highest BCUT2D eigenvalue weighted by atomic mass is 16.3. The van der Waals surface area contributed by atoms with Gasteiger partial charge in [-0.25, -0.2) is 0 Å². The normalized spacial score (nSPS) is 17.8. The average molecular weight is 965 g/mol. The van der Waals surface area contributed by atoms with Crippen LogP contribution in [-0.4, -0.2) is 143 Å². The molecule has 0 aromatic heterocycles. The lowest BCUT2D eigenvalue weighted by Gasteiger charge is -2.32. The zero-order valence-electron chi connectivity index (χ0n) is 42.3. The van der Waals surface area contributed by atoms with E-state index < -0.39 is 119 Å². The number of nitrogens with one attached hydrogen (secondary N) is 8. The molecule has 0 unspecified atom stereocenters. The number of aliphatic hydroxyl groups is 1. The SMILES string of the molecule is CCC[C@H](NC(C)=O)C(=O)N[C@H](C(=O)N[C@@H](C(=O)N[C@H](C(=O)N[C@@H](CCC)C(=O)N[C@H](C(=O)N[C@@H](CCCN=C(N)N)C(=O)N1CCC[C@H]1C(=O)NCC)[C@@H](C)CC)[C@@H](C)O)[C@@H](C)CC)C(C)C. The molecule has 13 N–H and O–H groups in total. The van der Waals surface area contributed by atoms with E-state index >= 15 is 0 Å². The topological polar surface area (TPSA) is 338 Å². The Morgan fingerprint density at radius 3 is 1.54 bits per heavy atom. The Labute approximate surface area is 402 Å². The molecule has 22 nitrogen and oxygen atoms in total. The van der Waals surface area contributed by atoms with E-state index in [1.54, 1.807) is 48.5 Å². The van der Waals surface area contributed by atoms with Crippen LogP contribution in [0.4, 0.5) is 0 Å². The monoisotopic (exact) mass is 965 g/mol. The Bertz CT molecular complexity index is 1720. The van der Waals surface area contributed by atoms with Gasteiger partial charge in [0, 0.05) is 26.6 Å². The van der Waals surface area contributed by atoms with Gasteiger partial charge in [-0.15, -0.1) is 0 Å². The number of carbonyl (C=O) groups is 9. The molecule has 0 saturated carbocycles. The minimum Gasteiger partial charge on any atom is -0.391 e. The molecular weight excluding hydrogens is 881 g/mol. The van der Waals surface area contributed by atoms with Gasteiger partial charge in [0.15, 0.2) is 5.96 Å². The maximum atomic E-state index is 14.2. The molecule has 1 fully saturated rings. The number of guanidine groups is 1. The number of likely N-dealkylation sites (tertiary alicyclic amines) is 1. The van der Waals surface area contributed by atoms with Crippen molar-refractivity contribution in [2.45, 2.75) is 195 Å². The number of aliphatic hydroxyl groups excluding tert-OH is 1. The Morgan fingerprint density at radius 1 is 0.618 bits per heavy atom. The van der Waals surface area contributed by atoms with E-state index in [0.717, 1.165) is 0 Å². The highest BCUT2D eigenvalue weighted by Crippen LogP contribution is 2.21. The second-order valence-corrected chi connectivity index (χ2v) is 18.2. The standard InChI is InChI=1S/C46H84N12O10/c1-12-19-30(51-29(11)60)38(61)54-34(25(6)7)41(64)56-36(27(9)15-4)43(66)57-37(28(10)59)44(67)52-31(20-13-2)39(62)55-35(26(8)14-3)42(65)53-32(21-17-23-50-46(47)48)45(68)58-24-18-22-33(58)40(63)49-16-5/h25-28,30-37,59H,12-24H2,1-11H3,(H,49,63)(H,51,60)(H,52,67)(H,53,65)(H,54,61)(H,55,62)(H,56,64)(H,57,66)(H4,47,48,50)/t26-,27-,28+,30-,31-,32-,33-,34-,35-,36+,37-/m0/s1. The van der Waals surface area contributed by atoms with Crippen LogP contribution in [0.1, 0.15) is 140 Å². The number of carbonyl (C=O) groups excluding carboxylic acids is 9. The van der Waals surface area contributed by atoms with E-state index in [1.165, 1.54) is 18.7 Å². The molecule has 1 aliphatic rings. The minimum absolute atomic E-state index is 0.101. The summed E-state index contributed by atoms with van der Waals surface area (Å²) in [4.78, 5) is 127. The van der Waals surface area contributed by atoms with Crippen LogP contribution >= 0.6 is 0 Å². The largest absolute Gasteiger partial charge is 0.391 e. The van der Waals surface area contributed by atoms with E-state index in [4.69, 9.17) is 11.5 Å². The zero-order chi connectivity index (χ0) is 51.8. The third-order valence-corrected chi connectivity index (χ3v) is 12.1. The number of amides is 9.